The van der Waals surface area contributed by atoms with E-state index >= 15 is 0 Å². The van der Waals surface area contributed by atoms with E-state index in [0.717, 1.165) is 5.69 Å². The number of halogens is 2. The topological polar surface area (TPSA) is 50.9 Å². The Kier molecular flexibility index (Phi) is 4.06. The van der Waals surface area contributed by atoms with Crippen LogP contribution in [0.5, 0.6) is 0 Å². The molecular formula is C11H11ClFN3S. The van der Waals surface area contributed by atoms with E-state index in [4.69, 9.17) is 17.4 Å². The minimum atomic E-state index is -0.398. The Morgan fingerprint density at radius 2 is 2.35 bits per heavy atom. The van der Waals surface area contributed by atoms with Crippen LogP contribution in [-0.4, -0.2) is 4.98 Å². The molecule has 90 valence electrons. The van der Waals surface area contributed by atoms with E-state index in [9.17, 15) is 4.39 Å². The molecule has 0 spiro atoms. The molecule has 0 amide bonds. The number of nitrogens with two attached hydrogens (primary N) is 1. The summed E-state index contributed by atoms with van der Waals surface area (Å²) in [6.07, 6.45) is 0.409. The lowest BCUT2D eigenvalue weighted by Gasteiger charge is -2.14. The van der Waals surface area contributed by atoms with Crippen LogP contribution in [0.2, 0.25) is 5.02 Å². The third kappa shape index (κ3) is 2.81. The van der Waals surface area contributed by atoms with Crippen LogP contribution < -0.4 is 11.3 Å². The molecule has 17 heavy (non-hydrogen) atoms. The molecule has 1 unspecified atom stereocenters. The minimum Gasteiger partial charge on any atom is -0.271 e. The number of hydrazine groups is 1. The molecule has 0 aliphatic rings. The van der Waals surface area contributed by atoms with Gasteiger partial charge in [-0.1, -0.05) is 23.7 Å². The Morgan fingerprint density at radius 1 is 1.53 bits per heavy atom. The van der Waals surface area contributed by atoms with Gasteiger partial charge in [0.1, 0.15) is 5.82 Å². The summed E-state index contributed by atoms with van der Waals surface area (Å²) >= 11 is 7.20. The van der Waals surface area contributed by atoms with Gasteiger partial charge in [0.2, 0.25) is 0 Å². The molecule has 6 heteroatoms. The van der Waals surface area contributed by atoms with Gasteiger partial charge in [-0.25, -0.2) is 9.37 Å². The van der Waals surface area contributed by atoms with E-state index in [1.54, 1.807) is 17.6 Å². The van der Waals surface area contributed by atoms with E-state index < -0.39 is 5.82 Å². The zero-order chi connectivity index (χ0) is 12.3. The summed E-state index contributed by atoms with van der Waals surface area (Å²) in [6, 6.07) is 4.72. The fraction of sp³-hybridized carbons (Fsp3) is 0.182. The largest absolute Gasteiger partial charge is 0.271 e. The number of nitrogens with one attached hydrogen (secondary N) is 1. The molecule has 3 nitrogen and oxygen atoms in total. The second-order valence-electron chi connectivity index (χ2n) is 3.55. The lowest BCUT2D eigenvalue weighted by atomic mass is 10.0. The minimum absolute atomic E-state index is 0.122. The molecule has 3 N–H and O–H groups in total. The van der Waals surface area contributed by atoms with Crippen molar-refractivity contribution in [3.63, 3.8) is 0 Å². The van der Waals surface area contributed by atoms with Crippen molar-refractivity contribution < 1.29 is 4.39 Å². The monoisotopic (exact) mass is 271 g/mol. The number of benzene rings is 1. The number of thiazole rings is 1. The average Bonchev–Trinajstić information content (AvgIpc) is 2.85. The predicted octanol–water partition coefficient (Wildman–Crippen LogP) is 2.68. The molecule has 2 rings (SSSR count). The molecule has 0 aliphatic heterocycles. The fourth-order valence-electron chi connectivity index (χ4n) is 1.57. The summed E-state index contributed by atoms with van der Waals surface area (Å²) in [7, 11) is 0. The average molecular weight is 272 g/mol. The normalized spacial score (nSPS) is 12.6. The van der Waals surface area contributed by atoms with Crippen molar-refractivity contribution in [3.05, 3.63) is 51.2 Å². The van der Waals surface area contributed by atoms with Gasteiger partial charge in [0.25, 0.3) is 0 Å². The number of hydrogen-bond donors (Lipinski definition) is 2. The first-order valence-electron chi connectivity index (χ1n) is 4.99. The van der Waals surface area contributed by atoms with Gasteiger partial charge in [-0.2, -0.15) is 0 Å². The Morgan fingerprint density at radius 3 is 3.00 bits per heavy atom. The second kappa shape index (κ2) is 5.55. The van der Waals surface area contributed by atoms with Crippen LogP contribution in [0.3, 0.4) is 0 Å². The van der Waals surface area contributed by atoms with Crippen molar-refractivity contribution in [3.8, 4) is 0 Å². The van der Waals surface area contributed by atoms with Gasteiger partial charge >= 0.3 is 0 Å². The van der Waals surface area contributed by atoms with Crippen molar-refractivity contribution >= 4 is 22.9 Å². The zero-order valence-corrected chi connectivity index (χ0v) is 10.4. The van der Waals surface area contributed by atoms with Gasteiger partial charge in [0.15, 0.2) is 0 Å². The third-order valence-corrected chi connectivity index (χ3v) is 3.36. The molecule has 0 bridgehead atoms. The smallest absolute Gasteiger partial charge is 0.145 e. The standard InChI is InChI=1S/C11H11ClFN3S/c12-8-3-1-2-7(11(8)13)4-9(16-14)10-5-17-6-15-10/h1-3,5-6,9,16H,4,14H2. The maximum absolute atomic E-state index is 13.7. The van der Waals surface area contributed by atoms with Gasteiger partial charge < -0.3 is 0 Å². The van der Waals surface area contributed by atoms with Crippen molar-refractivity contribution in [2.45, 2.75) is 12.5 Å². The van der Waals surface area contributed by atoms with Crippen LogP contribution in [0.15, 0.2) is 29.1 Å². The maximum Gasteiger partial charge on any atom is 0.145 e. The van der Waals surface area contributed by atoms with Gasteiger partial charge in [-0.05, 0) is 18.1 Å². The van der Waals surface area contributed by atoms with E-state index in [2.05, 4.69) is 10.4 Å². The number of hydrogen-bond acceptors (Lipinski definition) is 4. The molecule has 0 radical (unpaired) electrons. The molecule has 2 aromatic rings. The van der Waals surface area contributed by atoms with Crippen molar-refractivity contribution in [1.29, 1.82) is 0 Å². The number of rotatable bonds is 4. The third-order valence-electron chi connectivity index (χ3n) is 2.47. The molecule has 1 atom stereocenters. The van der Waals surface area contributed by atoms with E-state index in [1.807, 2.05) is 5.38 Å². The van der Waals surface area contributed by atoms with E-state index in [1.165, 1.54) is 17.4 Å². The summed E-state index contributed by atoms with van der Waals surface area (Å²) in [5, 5.41) is 2.00. The highest BCUT2D eigenvalue weighted by Crippen LogP contribution is 2.23. The first kappa shape index (κ1) is 12.4. The first-order valence-corrected chi connectivity index (χ1v) is 6.31. The quantitative estimate of drug-likeness (QED) is 0.664. The van der Waals surface area contributed by atoms with Crippen molar-refractivity contribution in [1.82, 2.24) is 10.4 Å². The van der Waals surface area contributed by atoms with Gasteiger partial charge in [0, 0.05) is 5.38 Å². The Balaban J connectivity index is 2.22. The van der Waals surface area contributed by atoms with Crippen LogP contribution in [-0.2, 0) is 6.42 Å². The van der Waals surface area contributed by atoms with Crippen molar-refractivity contribution in [2.24, 2.45) is 5.84 Å². The summed E-state index contributed by atoms with van der Waals surface area (Å²) in [5.74, 6) is 5.06. The second-order valence-corrected chi connectivity index (χ2v) is 4.68. The molecule has 1 aromatic heterocycles. The summed E-state index contributed by atoms with van der Waals surface area (Å²) in [5.41, 5.74) is 5.67. The molecule has 0 aliphatic carbocycles. The SMILES string of the molecule is NNC(Cc1cccc(Cl)c1F)c1cscn1. The van der Waals surface area contributed by atoms with Crippen LogP contribution in [0, 0.1) is 5.82 Å². The summed E-state index contributed by atoms with van der Waals surface area (Å²) in [4.78, 5) is 4.16. The number of nitrogens with zero attached hydrogens (tertiary/aromatic N) is 1. The number of aromatic nitrogens is 1. The molecule has 1 heterocycles. The molecular weight excluding hydrogens is 261 g/mol. The van der Waals surface area contributed by atoms with Crippen LogP contribution >= 0.6 is 22.9 Å². The Bertz CT molecular complexity index is 489. The lowest BCUT2D eigenvalue weighted by Crippen LogP contribution is -2.30. The highest BCUT2D eigenvalue weighted by atomic mass is 35.5. The molecule has 0 fully saturated rings. The molecule has 0 saturated carbocycles. The van der Waals surface area contributed by atoms with E-state index in [-0.39, 0.29) is 11.1 Å². The van der Waals surface area contributed by atoms with Gasteiger partial charge in [0.05, 0.1) is 22.3 Å². The fourth-order valence-corrected chi connectivity index (χ4v) is 2.37. The van der Waals surface area contributed by atoms with Crippen molar-refractivity contribution in [2.75, 3.05) is 0 Å². The highest BCUT2D eigenvalue weighted by Gasteiger charge is 2.15. The van der Waals surface area contributed by atoms with Crippen LogP contribution in [0.25, 0.3) is 0 Å². The highest BCUT2D eigenvalue weighted by molar-refractivity contribution is 7.07. The predicted molar refractivity (Wildman–Crippen MR) is 67.3 cm³/mol. The summed E-state index contributed by atoms with van der Waals surface area (Å²) < 4.78 is 13.7. The molecule has 0 saturated heterocycles. The maximum atomic E-state index is 13.7. The van der Waals surface area contributed by atoms with Crippen LogP contribution in [0.1, 0.15) is 17.3 Å². The van der Waals surface area contributed by atoms with Gasteiger partial charge in [-0.3, -0.25) is 11.3 Å². The zero-order valence-electron chi connectivity index (χ0n) is 8.86. The Labute approximate surface area is 107 Å². The Hall–Kier alpha value is -1.01. The first-order chi connectivity index (χ1) is 8.22. The van der Waals surface area contributed by atoms with E-state index in [0.29, 0.717) is 12.0 Å². The lowest BCUT2D eigenvalue weighted by molar-refractivity contribution is 0.521. The van der Waals surface area contributed by atoms with Crippen LogP contribution in [0.4, 0.5) is 4.39 Å². The summed E-state index contributed by atoms with van der Waals surface area (Å²) in [6.45, 7) is 0. The van der Waals surface area contributed by atoms with Gasteiger partial charge in [-0.15, -0.1) is 11.3 Å². The molecule has 1 aromatic carbocycles.